The summed E-state index contributed by atoms with van der Waals surface area (Å²) >= 11 is 0. The second-order valence-corrected chi connectivity index (χ2v) is 4.98. The minimum Gasteiger partial charge on any atom is -0.507 e. The van der Waals surface area contributed by atoms with Crippen molar-refractivity contribution in [3.8, 4) is 5.75 Å². The number of rotatable bonds is 4. The van der Waals surface area contributed by atoms with Crippen LogP contribution in [0.1, 0.15) is 16.7 Å². The molecule has 0 fully saturated rings. The molecule has 0 saturated heterocycles. The first-order chi connectivity index (χ1) is 11.3. The lowest BCUT2D eigenvalue weighted by Gasteiger charge is -2.05. The first-order valence-electron chi connectivity index (χ1n) is 7.34. The minimum absolute atomic E-state index is 0.187. The molecule has 3 aromatic rings. The lowest BCUT2D eigenvalue weighted by Crippen LogP contribution is -2.02. The molecule has 3 aromatic carbocycles. The summed E-state index contributed by atoms with van der Waals surface area (Å²) < 4.78 is 0. The Morgan fingerprint density at radius 3 is 1.78 bits per heavy atom. The zero-order valence-corrected chi connectivity index (χ0v) is 12.5. The van der Waals surface area contributed by atoms with Crippen molar-refractivity contribution >= 4 is 11.9 Å². The van der Waals surface area contributed by atoms with E-state index in [2.05, 4.69) is 10.2 Å². The molecule has 112 valence electrons. The Balaban J connectivity index is 1.97. The smallest absolute Gasteiger partial charge is 0.124 e. The van der Waals surface area contributed by atoms with Crippen LogP contribution < -0.4 is 0 Å². The Hall–Kier alpha value is -3.20. The maximum absolute atomic E-state index is 9.77. The summed E-state index contributed by atoms with van der Waals surface area (Å²) in [5.41, 5.74) is 3.41. The standard InChI is InChI=1S/C20H16N2O/c23-19-14-8-7-13-18(19)15-21-22-20(16-9-3-1-4-10-16)17-11-5-2-6-12-17/h1-15,23H/b21-15+. The second-order valence-electron chi connectivity index (χ2n) is 4.98. The Labute approximate surface area is 135 Å². The molecule has 0 radical (unpaired) electrons. The van der Waals surface area contributed by atoms with E-state index in [1.807, 2.05) is 66.7 Å². The molecule has 0 atom stereocenters. The van der Waals surface area contributed by atoms with Crippen molar-refractivity contribution in [1.82, 2.24) is 0 Å². The first-order valence-corrected chi connectivity index (χ1v) is 7.34. The van der Waals surface area contributed by atoms with Crippen molar-refractivity contribution in [1.29, 1.82) is 0 Å². The molecule has 23 heavy (non-hydrogen) atoms. The van der Waals surface area contributed by atoms with Gasteiger partial charge in [-0.25, -0.2) is 0 Å². The van der Waals surface area contributed by atoms with Gasteiger partial charge in [0.2, 0.25) is 0 Å². The molecule has 3 nitrogen and oxygen atoms in total. The van der Waals surface area contributed by atoms with E-state index in [0.29, 0.717) is 5.56 Å². The molecule has 0 aliphatic rings. The van der Waals surface area contributed by atoms with Crippen LogP contribution in [0, 0.1) is 0 Å². The summed E-state index contributed by atoms with van der Waals surface area (Å²) in [6.45, 7) is 0. The zero-order valence-electron chi connectivity index (χ0n) is 12.5. The van der Waals surface area contributed by atoms with Gasteiger partial charge in [-0.05, 0) is 12.1 Å². The van der Waals surface area contributed by atoms with E-state index in [0.717, 1.165) is 16.8 Å². The van der Waals surface area contributed by atoms with Gasteiger partial charge in [-0.3, -0.25) is 0 Å². The van der Waals surface area contributed by atoms with E-state index in [-0.39, 0.29) is 5.75 Å². The van der Waals surface area contributed by atoms with Crippen LogP contribution in [0.25, 0.3) is 0 Å². The van der Waals surface area contributed by atoms with E-state index in [1.54, 1.807) is 24.4 Å². The zero-order chi connectivity index (χ0) is 15.9. The molecule has 0 unspecified atom stereocenters. The third-order valence-corrected chi connectivity index (χ3v) is 3.39. The van der Waals surface area contributed by atoms with E-state index >= 15 is 0 Å². The SMILES string of the molecule is Oc1ccccc1/C=N/N=C(c1ccccc1)c1ccccc1. The number of phenols is 1. The van der Waals surface area contributed by atoms with Crippen LogP contribution in [0.4, 0.5) is 0 Å². The van der Waals surface area contributed by atoms with Gasteiger partial charge in [-0.1, -0.05) is 72.8 Å². The molecule has 3 rings (SSSR count). The number of phenolic OH excluding ortho intramolecular Hbond substituents is 1. The number of aromatic hydroxyl groups is 1. The van der Waals surface area contributed by atoms with Crippen LogP contribution in [0.5, 0.6) is 5.75 Å². The van der Waals surface area contributed by atoms with E-state index in [9.17, 15) is 5.11 Å². The highest BCUT2D eigenvalue weighted by molar-refractivity contribution is 6.12. The summed E-state index contributed by atoms with van der Waals surface area (Å²) in [4.78, 5) is 0. The maximum atomic E-state index is 9.77. The second kappa shape index (κ2) is 7.18. The highest BCUT2D eigenvalue weighted by Crippen LogP contribution is 2.14. The van der Waals surface area contributed by atoms with Gasteiger partial charge in [0, 0.05) is 16.7 Å². The summed E-state index contributed by atoms with van der Waals surface area (Å²) in [5.74, 6) is 0.187. The average molecular weight is 300 g/mol. The topological polar surface area (TPSA) is 45.0 Å². The molecular formula is C20H16N2O. The molecule has 0 amide bonds. The number of benzene rings is 3. The van der Waals surface area contributed by atoms with Crippen LogP contribution in [-0.2, 0) is 0 Å². The predicted octanol–water partition coefficient (Wildman–Crippen LogP) is 4.26. The molecular weight excluding hydrogens is 284 g/mol. The number of para-hydroxylation sites is 1. The summed E-state index contributed by atoms with van der Waals surface area (Å²) in [5, 5.41) is 18.3. The molecule has 1 N–H and O–H groups in total. The number of nitrogens with zero attached hydrogens (tertiary/aromatic N) is 2. The lowest BCUT2D eigenvalue weighted by molar-refractivity contribution is 0.474. The van der Waals surface area contributed by atoms with Crippen molar-refractivity contribution in [2.24, 2.45) is 10.2 Å². The molecule has 0 aromatic heterocycles. The molecule has 0 bridgehead atoms. The van der Waals surface area contributed by atoms with Crippen LogP contribution >= 0.6 is 0 Å². The largest absolute Gasteiger partial charge is 0.507 e. The van der Waals surface area contributed by atoms with Gasteiger partial charge >= 0.3 is 0 Å². The van der Waals surface area contributed by atoms with Gasteiger partial charge in [0.25, 0.3) is 0 Å². The fourth-order valence-corrected chi connectivity index (χ4v) is 2.22. The summed E-state index contributed by atoms with van der Waals surface area (Å²) in [6, 6.07) is 26.9. The quantitative estimate of drug-likeness (QED) is 0.568. The van der Waals surface area contributed by atoms with Gasteiger partial charge in [-0.2, -0.15) is 5.10 Å². The van der Waals surface area contributed by atoms with Crippen molar-refractivity contribution in [3.63, 3.8) is 0 Å². The van der Waals surface area contributed by atoms with Crippen LogP contribution in [0.3, 0.4) is 0 Å². The highest BCUT2D eigenvalue weighted by Gasteiger charge is 2.05. The Morgan fingerprint density at radius 2 is 1.22 bits per heavy atom. The van der Waals surface area contributed by atoms with Gasteiger partial charge in [0.15, 0.2) is 0 Å². The Bertz CT molecular complexity index is 783. The normalized spacial score (nSPS) is 10.6. The van der Waals surface area contributed by atoms with Crippen LogP contribution in [0.2, 0.25) is 0 Å². The first kappa shape index (κ1) is 14.7. The molecule has 0 saturated carbocycles. The van der Waals surface area contributed by atoms with E-state index < -0.39 is 0 Å². The van der Waals surface area contributed by atoms with Crippen molar-refractivity contribution < 1.29 is 5.11 Å². The van der Waals surface area contributed by atoms with Crippen molar-refractivity contribution in [2.45, 2.75) is 0 Å². The van der Waals surface area contributed by atoms with Crippen LogP contribution in [-0.4, -0.2) is 17.0 Å². The molecule has 0 heterocycles. The Kier molecular flexibility index (Phi) is 4.60. The van der Waals surface area contributed by atoms with Gasteiger partial charge in [0.1, 0.15) is 11.5 Å². The number of hydrogen-bond acceptors (Lipinski definition) is 3. The van der Waals surface area contributed by atoms with Crippen molar-refractivity contribution in [2.75, 3.05) is 0 Å². The van der Waals surface area contributed by atoms with E-state index in [1.165, 1.54) is 0 Å². The summed E-state index contributed by atoms with van der Waals surface area (Å²) in [7, 11) is 0. The average Bonchev–Trinajstić information content (AvgIpc) is 2.62. The fraction of sp³-hybridized carbons (Fsp3) is 0. The highest BCUT2D eigenvalue weighted by atomic mass is 16.3. The molecule has 3 heteroatoms. The number of hydrogen-bond donors (Lipinski definition) is 1. The fourth-order valence-electron chi connectivity index (χ4n) is 2.22. The molecule has 0 aliphatic carbocycles. The van der Waals surface area contributed by atoms with Gasteiger partial charge < -0.3 is 5.11 Å². The third-order valence-electron chi connectivity index (χ3n) is 3.39. The van der Waals surface area contributed by atoms with E-state index in [4.69, 9.17) is 0 Å². The van der Waals surface area contributed by atoms with Crippen LogP contribution in [0.15, 0.2) is 95.1 Å². The van der Waals surface area contributed by atoms with Crippen molar-refractivity contribution in [3.05, 3.63) is 102 Å². The predicted molar refractivity (Wildman–Crippen MR) is 94.2 cm³/mol. The van der Waals surface area contributed by atoms with Gasteiger partial charge in [0.05, 0.1) is 6.21 Å². The Morgan fingerprint density at radius 1 is 0.696 bits per heavy atom. The minimum atomic E-state index is 0.187. The summed E-state index contributed by atoms with van der Waals surface area (Å²) in [6.07, 6.45) is 1.56. The molecule has 0 aliphatic heterocycles. The van der Waals surface area contributed by atoms with Gasteiger partial charge in [-0.15, -0.1) is 5.10 Å². The molecule has 0 spiro atoms. The monoisotopic (exact) mass is 300 g/mol. The lowest BCUT2D eigenvalue weighted by atomic mass is 10.0. The third kappa shape index (κ3) is 3.71. The maximum Gasteiger partial charge on any atom is 0.124 e.